The van der Waals surface area contributed by atoms with Crippen LogP contribution < -0.4 is 31.1 Å². The van der Waals surface area contributed by atoms with Crippen molar-refractivity contribution in [2.75, 3.05) is 99.1 Å². The third kappa shape index (κ3) is 8.09. The van der Waals surface area contributed by atoms with E-state index < -0.39 is 11.8 Å². The monoisotopic (exact) mass is 836 g/mol. The number of amides is 5. The van der Waals surface area contributed by atoms with Crippen molar-refractivity contribution in [3.63, 3.8) is 0 Å². The van der Waals surface area contributed by atoms with E-state index in [0.717, 1.165) is 80.7 Å². The number of para-hydroxylation sites is 1. The number of nitrogens with one attached hydrogen (secondary N) is 2. The molecule has 7 heterocycles. The van der Waals surface area contributed by atoms with Gasteiger partial charge < -0.3 is 35.6 Å². The molecule has 5 aliphatic rings. The van der Waals surface area contributed by atoms with Crippen molar-refractivity contribution in [2.45, 2.75) is 50.5 Å². The van der Waals surface area contributed by atoms with Gasteiger partial charge in [0.25, 0.3) is 5.91 Å². The minimum absolute atomic E-state index is 0.00911. The van der Waals surface area contributed by atoms with Crippen molar-refractivity contribution in [2.24, 2.45) is 18.7 Å². The second-order valence-corrected chi connectivity index (χ2v) is 17.0. The van der Waals surface area contributed by atoms with Crippen molar-refractivity contribution in [1.29, 1.82) is 0 Å². The van der Waals surface area contributed by atoms with Gasteiger partial charge in [-0.05, 0) is 62.3 Å². The first-order valence-electron chi connectivity index (χ1n) is 21.4. The van der Waals surface area contributed by atoms with Gasteiger partial charge in [0.05, 0.1) is 34.5 Å². The molecule has 19 heteroatoms. The van der Waals surface area contributed by atoms with Crippen LogP contribution in [-0.4, -0.2) is 148 Å². The Morgan fingerprint density at radius 1 is 0.885 bits per heavy atom. The number of halogens is 1. The maximum absolute atomic E-state index is 15.8. The van der Waals surface area contributed by atoms with Gasteiger partial charge in [-0.1, -0.05) is 12.1 Å². The molecule has 5 saturated heterocycles. The van der Waals surface area contributed by atoms with Crippen LogP contribution in [0.15, 0.2) is 36.4 Å². The first-order chi connectivity index (χ1) is 29.5. The zero-order valence-electron chi connectivity index (χ0n) is 34.7. The van der Waals surface area contributed by atoms with Crippen LogP contribution in [0.5, 0.6) is 0 Å². The van der Waals surface area contributed by atoms with E-state index in [1.54, 1.807) is 24.1 Å². The molecule has 0 saturated carbocycles. The van der Waals surface area contributed by atoms with Crippen molar-refractivity contribution >= 4 is 63.5 Å². The molecule has 9 rings (SSSR count). The molecule has 5 amide bonds. The summed E-state index contributed by atoms with van der Waals surface area (Å²) in [5.41, 5.74) is 9.27. The highest BCUT2D eigenvalue weighted by Gasteiger charge is 2.36. The molecule has 0 spiro atoms. The third-order valence-corrected chi connectivity index (χ3v) is 13.1. The van der Waals surface area contributed by atoms with Crippen molar-refractivity contribution in [3.05, 3.63) is 53.6 Å². The van der Waals surface area contributed by atoms with Crippen LogP contribution in [0.4, 0.5) is 38.0 Å². The van der Waals surface area contributed by atoms with Crippen molar-refractivity contribution < 1.29 is 23.6 Å². The number of rotatable bonds is 10. The summed E-state index contributed by atoms with van der Waals surface area (Å²) >= 11 is 0. The zero-order valence-corrected chi connectivity index (χ0v) is 34.7. The SMILES string of the molecule is CN1CCN(C2CCCN(c3nnc(C(N)=O)c(Nc4ccc(N5CCN(CC6CCN(c7cccc8c(C9CCC(=O)NC9=O)nn(C)c78)CC6)CC5)c(F)c4)n3)C2)C1=O. The normalized spacial score (nSPS) is 22.1. The van der Waals surface area contributed by atoms with E-state index in [2.05, 4.69) is 46.6 Å². The molecule has 2 atom stereocenters. The number of imide groups is 1. The minimum atomic E-state index is -0.804. The number of piperazine rings is 1. The fraction of sp³-hybridized carbons (Fsp3) is 0.524. The highest BCUT2D eigenvalue weighted by Crippen LogP contribution is 2.36. The average Bonchev–Trinajstić information content (AvgIpc) is 3.78. The molecule has 61 heavy (non-hydrogen) atoms. The Hall–Kier alpha value is -6.11. The van der Waals surface area contributed by atoms with E-state index in [0.29, 0.717) is 75.4 Å². The quantitative estimate of drug-likeness (QED) is 0.198. The lowest BCUT2D eigenvalue weighted by molar-refractivity contribution is -0.134. The minimum Gasteiger partial charge on any atom is -0.370 e. The molecule has 0 aliphatic carbocycles. The lowest BCUT2D eigenvalue weighted by atomic mass is 9.92. The molecular weight excluding hydrogens is 784 g/mol. The smallest absolute Gasteiger partial charge is 0.320 e. The highest BCUT2D eigenvalue weighted by atomic mass is 19.1. The summed E-state index contributed by atoms with van der Waals surface area (Å²) in [5, 5.41) is 19.6. The topological polar surface area (TPSA) is 194 Å². The standard InChI is InChI=1S/C42H53FN14O4/c1-51-17-22-57(42(51)61)28-5-4-14-56(25-28)41-47-39(36(38(44)59)48-49-41)45-27-8-10-32(31(43)23-27)55-20-18-53(19-21-55)24-26-12-15-54(16-13-26)33-7-3-6-29-35(50-52(2)37(29)33)30-9-11-34(58)46-40(30)60/h3,6-8,10,23,26,28,30H,4-5,9,11-22,24-25H2,1-2H3,(H2,44,59)(H,45,47,49)(H,46,58,60). The van der Waals surface area contributed by atoms with E-state index in [-0.39, 0.29) is 41.2 Å². The number of urea groups is 1. The van der Waals surface area contributed by atoms with E-state index in [4.69, 9.17) is 10.8 Å². The Kier molecular flexibility index (Phi) is 11.1. The van der Waals surface area contributed by atoms with Gasteiger partial charge in [-0.15, -0.1) is 10.2 Å². The number of likely N-dealkylation sites (N-methyl/N-ethyl adjacent to an activating group) is 1. The number of aryl methyl sites for hydroxylation is 1. The number of hydrogen-bond acceptors (Lipinski definition) is 13. The number of carbonyl (C=O) groups is 4. The van der Waals surface area contributed by atoms with Crippen LogP contribution in [0.1, 0.15) is 60.6 Å². The summed E-state index contributed by atoms with van der Waals surface area (Å²) in [6.45, 7) is 8.44. The lowest BCUT2D eigenvalue weighted by Crippen LogP contribution is -2.49. The fourth-order valence-electron chi connectivity index (χ4n) is 9.78. The zero-order chi connectivity index (χ0) is 42.4. The van der Waals surface area contributed by atoms with E-state index in [9.17, 15) is 19.2 Å². The van der Waals surface area contributed by atoms with Crippen molar-refractivity contribution in [3.8, 4) is 0 Å². The first-order valence-corrected chi connectivity index (χ1v) is 21.4. The lowest BCUT2D eigenvalue weighted by Gasteiger charge is -2.40. The maximum Gasteiger partial charge on any atom is 0.320 e. The summed E-state index contributed by atoms with van der Waals surface area (Å²) in [4.78, 5) is 66.6. The molecule has 5 fully saturated rings. The van der Waals surface area contributed by atoms with Gasteiger partial charge in [-0.25, -0.2) is 9.18 Å². The molecule has 0 bridgehead atoms. The van der Waals surface area contributed by atoms with Crippen LogP contribution in [0.2, 0.25) is 0 Å². The molecule has 0 radical (unpaired) electrons. The summed E-state index contributed by atoms with van der Waals surface area (Å²) in [6.07, 6.45) is 4.59. The number of aromatic nitrogens is 5. The molecular formula is C42H53FN14O4. The van der Waals surface area contributed by atoms with Gasteiger partial charge >= 0.3 is 6.03 Å². The molecule has 4 N–H and O–H groups in total. The van der Waals surface area contributed by atoms with E-state index in [1.807, 2.05) is 33.7 Å². The fourth-order valence-corrected chi connectivity index (χ4v) is 9.78. The summed E-state index contributed by atoms with van der Waals surface area (Å²) < 4.78 is 17.7. The Bertz CT molecular complexity index is 2340. The van der Waals surface area contributed by atoms with Gasteiger partial charge in [0.1, 0.15) is 5.82 Å². The van der Waals surface area contributed by atoms with Gasteiger partial charge in [0, 0.05) is 104 Å². The second kappa shape index (κ2) is 16.7. The Morgan fingerprint density at radius 2 is 1.67 bits per heavy atom. The van der Waals surface area contributed by atoms with E-state index >= 15 is 4.39 Å². The Labute approximate surface area is 353 Å². The number of nitrogens with zero attached hydrogens (tertiary/aromatic N) is 11. The number of anilines is 5. The Balaban J connectivity index is 0.787. The van der Waals surface area contributed by atoms with Gasteiger partial charge in [0.2, 0.25) is 17.8 Å². The number of nitrogens with two attached hydrogens (primary N) is 1. The van der Waals surface area contributed by atoms with Crippen LogP contribution in [0.3, 0.4) is 0 Å². The number of hydrogen-bond donors (Lipinski definition) is 3. The summed E-state index contributed by atoms with van der Waals surface area (Å²) in [7, 11) is 3.72. The number of piperidine rings is 3. The first kappa shape index (κ1) is 40.3. The summed E-state index contributed by atoms with van der Waals surface area (Å²) in [5.74, 6) is -1.19. The van der Waals surface area contributed by atoms with Crippen LogP contribution >= 0.6 is 0 Å². The van der Waals surface area contributed by atoms with Crippen LogP contribution in [0, 0.1) is 11.7 Å². The average molecular weight is 837 g/mol. The number of benzene rings is 2. The maximum atomic E-state index is 15.8. The number of carbonyl (C=O) groups excluding carboxylic acids is 4. The number of fused-ring (bicyclic) bond motifs is 1. The predicted molar refractivity (Wildman–Crippen MR) is 227 cm³/mol. The molecule has 2 aromatic carbocycles. The van der Waals surface area contributed by atoms with Gasteiger partial charge in [-0.3, -0.25) is 29.3 Å². The van der Waals surface area contributed by atoms with E-state index in [1.165, 1.54) is 6.07 Å². The Morgan fingerprint density at radius 3 is 2.39 bits per heavy atom. The van der Waals surface area contributed by atoms with Crippen LogP contribution in [-0.2, 0) is 16.6 Å². The molecule has 2 unspecified atom stereocenters. The molecule has 4 aromatic rings. The number of primary amides is 1. The predicted octanol–water partition coefficient (Wildman–Crippen LogP) is 2.63. The van der Waals surface area contributed by atoms with Crippen LogP contribution in [0.25, 0.3) is 10.9 Å². The molecule has 322 valence electrons. The second-order valence-electron chi connectivity index (χ2n) is 17.0. The highest BCUT2D eigenvalue weighted by molar-refractivity contribution is 6.03. The van der Waals surface area contributed by atoms with Gasteiger partial charge in [-0.2, -0.15) is 10.1 Å². The van der Waals surface area contributed by atoms with Crippen molar-refractivity contribution in [1.82, 2.24) is 45.0 Å². The summed E-state index contributed by atoms with van der Waals surface area (Å²) in [6, 6.07) is 11.1. The largest absolute Gasteiger partial charge is 0.370 e. The molecule has 5 aliphatic heterocycles. The molecule has 2 aromatic heterocycles. The third-order valence-electron chi connectivity index (χ3n) is 13.1. The molecule has 18 nitrogen and oxygen atoms in total. The van der Waals surface area contributed by atoms with Gasteiger partial charge in [0.15, 0.2) is 11.5 Å².